The number of carbonyl (C=O) groups is 1. The van der Waals surface area contributed by atoms with Crippen molar-refractivity contribution >= 4 is 16.8 Å². The summed E-state index contributed by atoms with van der Waals surface area (Å²) in [6, 6.07) is 1.42. The Balaban J connectivity index is 3.01. The fourth-order valence-corrected chi connectivity index (χ4v) is 0.649. The summed E-state index contributed by atoms with van der Waals surface area (Å²) in [6.45, 7) is 0. The van der Waals surface area contributed by atoms with E-state index in [0.717, 1.165) is 0 Å². The van der Waals surface area contributed by atoms with E-state index in [1.807, 2.05) is 0 Å². The Bertz CT molecular complexity index is 277. The van der Waals surface area contributed by atoms with Crippen molar-refractivity contribution < 1.29 is 9.53 Å². The minimum absolute atomic E-state index is 0.0889. The first kappa shape index (κ1) is 7.94. The molecule has 1 aromatic heterocycles. The molecular weight excluding hydrogens is 168 g/mol. The Labute approximate surface area is 68.1 Å². The number of halogens is 1. The molecule has 0 amide bonds. The van der Waals surface area contributed by atoms with E-state index in [1.54, 1.807) is 0 Å². The third-order valence-electron chi connectivity index (χ3n) is 1.07. The molecule has 0 unspecified atom stereocenters. The van der Waals surface area contributed by atoms with Crippen LogP contribution in [-0.2, 0) is 0 Å². The number of rotatable bonds is 2. The molecular formula is C6H5ClN2O2. The van der Waals surface area contributed by atoms with Crippen molar-refractivity contribution in [1.82, 2.24) is 10.2 Å². The van der Waals surface area contributed by atoms with E-state index in [9.17, 15) is 4.79 Å². The molecule has 58 valence electrons. The van der Waals surface area contributed by atoms with Crippen LogP contribution in [0.1, 0.15) is 10.5 Å². The van der Waals surface area contributed by atoms with E-state index >= 15 is 0 Å². The lowest BCUT2D eigenvalue weighted by molar-refractivity contribution is 0.107. The molecule has 0 fully saturated rings. The second-order valence-corrected chi connectivity index (χ2v) is 2.10. The summed E-state index contributed by atoms with van der Waals surface area (Å²) in [5, 5.41) is 6.33. The van der Waals surface area contributed by atoms with Crippen LogP contribution in [0.2, 0.25) is 0 Å². The van der Waals surface area contributed by atoms with Crippen LogP contribution in [0.4, 0.5) is 0 Å². The second kappa shape index (κ2) is 3.30. The Morgan fingerprint density at radius 2 is 2.45 bits per heavy atom. The number of aromatic nitrogens is 2. The van der Waals surface area contributed by atoms with Crippen molar-refractivity contribution in [3.8, 4) is 5.75 Å². The van der Waals surface area contributed by atoms with E-state index in [4.69, 9.17) is 16.3 Å². The summed E-state index contributed by atoms with van der Waals surface area (Å²) in [4.78, 5) is 10.5. The van der Waals surface area contributed by atoms with Crippen molar-refractivity contribution in [2.75, 3.05) is 7.11 Å². The minimum atomic E-state index is -0.642. The molecule has 0 aliphatic heterocycles. The summed E-state index contributed by atoms with van der Waals surface area (Å²) in [7, 11) is 1.47. The smallest absolute Gasteiger partial charge is 0.272 e. The van der Waals surface area contributed by atoms with Gasteiger partial charge in [-0.15, -0.1) is 5.10 Å². The lowest BCUT2D eigenvalue weighted by Gasteiger charge is -1.96. The summed E-state index contributed by atoms with van der Waals surface area (Å²) in [6.07, 6.45) is 1.39. The van der Waals surface area contributed by atoms with Crippen LogP contribution in [0.5, 0.6) is 5.75 Å². The summed E-state index contributed by atoms with van der Waals surface area (Å²) >= 11 is 5.14. The SMILES string of the molecule is COc1cnnc(C(=O)Cl)c1. The summed E-state index contributed by atoms with van der Waals surface area (Å²) in [5.41, 5.74) is 0.0889. The minimum Gasteiger partial charge on any atom is -0.495 e. The van der Waals surface area contributed by atoms with E-state index in [1.165, 1.54) is 19.4 Å². The Morgan fingerprint density at radius 1 is 1.73 bits per heavy atom. The highest BCUT2D eigenvalue weighted by Gasteiger charge is 2.04. The first-order chi connectivity index (χ1) is 5.24. The van der Waals surface area contributed by atoms with Gasteiger partial charge in [0, 0.05) is 6.07 Å². The molecule has 11 heavy (non-hydrogen) atoms. The maximum atomic E-state index is 10.5. The highest BCUT2D eigenvalue weighted by atomic mass is 35.5. The van der Waals surface area contributed by atoms with Gasteiger partial charge in [0.25, 0.3) is 5.24 Å². The molecule has 1 heterocycles. The van der Waals surface area contributed by atoms with Crippen molar-refractivity contribution in [2.45, 2.75) is 0 Å². The number of nitrogens with zero attached hydrogens (tertiary/aromatic N) is 2. The predicted octanol–water partition coefficient (Wildman–Crippen LogP) is 0.864. The predicted molar refractivity (Wildman–Crippen MR) is 38.8 cm³/mol. The molecule has 5 heteroatoms. The Morgan fingerprint density at radius 3 is 3.00 bits per heavy atom. The van der Waals surface area contributed by atoms with Crippen LogP contribution in [-0.4, -0.2) is 22.5 Å². The van der Waals surface area contributed by atoms with Gasteiger partial charge in [0.1, 0.15) is 11.4 Å². The average Bonchev–Trinajstić information content (AvgIpc) is 2.05. The van der Waals surface area contributed by atoms with E-state index < -0.39 is 5.24 Å². The van der Waals surface area contributed by atoms with Gasteiger partial charge in [0.05, 0.1) is 13.3 Å². The van der Waals surface area contributed by atoms with Gasteiger partial charge < -0.3 is 4.74 Å². The van der Waals surface area contributed by atoms with Gasteiger partial charge in [0.2, 0.25) is 0 Å². The molecule has 4 nitrogen and oxygen atoms in total. The molecule has 0 atom stereocenters. The van der Waals surface area contributed by atoms with Crippen LogP contribution < -0.4 is 4.74 Å². The lowest BCUT2D eigenvalue weighted by Crippen LogP contribution is -1.97. The molecule has 1 aromatic rings. The number of ether oxygens (including phenoxy) is 1. The van der Waals surface area contributed by atoms with Gasteiger partial charge in [0.15, 0.2) is 0 Å². The second-order valence-electron chi connectivity index (χ2n) is 1.75. The van der Waals surface area contributed by atoms with Gasteiger partial charge in [-0.1, -0.05) is 0 Å². The zero-order chi connectivity index (χ0) is 8.27. The van der Waals surface area contributed by atoms with Crippen molar-refractivity contribution in [3.63, 3.8) is 0 Å². The third-order valence-corrected chi connectivity index (χ3v) is 1.26. The molecule has 0 N–H and O–H groups in total. The lowest BCUT2D eigenvalue weighted by atomic mass is 10.4. The molecule has 0 spiro atoms. The molecule has 0 aliphatic carbocycles. The molecule has 0 aromatic carbocycles. The molecule has 0 aliphatic rings. The monoisotopic (exact) mass is 172 g/mol. The molecule has 1 rings (SSSR count). The van der Waals surface area contributed by atoms with Gasteiger partial charge in [-0.05, 0) is 11.6 Å². The van der Waals surface area contributed by atoms with Crippen molar-refractivity contribution in [2.24, 2.45) is 0 Å². The van der Waals surface area contributed by atoms with Crippen LogP contribution in [0.25, 0.3) is 0 Å². The normalized spacial score (nSPS) is 9.27. The Kier molecular flexibility index (Phi) is 2.38. The number of hydrogen-bond donors (Lipinski definition) is 0. The average molecular weight is 173 g/mol. The van der Waals surface area contributed by atoms with Gasteiger partial charge in [-0.25, -0.2) is 0 Å². The summed E-state index contributed by atoms with van der Waals surface area (Å²) < 4.78 is 4.79. The summed E-state index contributed by atoms with van der Waals surface area (Å²) in [5.74, 6) is 0.462. The standard InChI is InChI=1S/C6H5ClN2O2/c1-11-4-2-5(6(7)10)9-8-3-4/h2-3H,1H3. The highest BCUT2D eigenvalue weighted by Crippen LogP contribution is 2.09. The van der Waals surface area contributed by atoms with Gasteiger partial charge in [-0.3, -0.25) is 4.79 Å². The number of methoxy groups -OCH3 is 1. The van der Waals surface area contributed by atoms with Gasteiger partial charge in [-0.2, -0.15) is 5.10 Å². The van der Waals surface area contributed by atoms with Crippen molar-refractivity contribution in [1.29, 1.82) is 0 Å². The molecule has 0 saturated heterocycles. The molecule has 0 radical (unpaired) electrons. The van der Waals surface area contributed by atoms with Crippen LogP contribution in [0, 0.1) is 0 Å². The Hall–Kier alpha value is -1.16. The maximum Gasteiger partial charge on any atom is 0.272 e. The highest BCUT2D eigenvalue weighted by molar-refractivity contribution is 6.67. The maximum absolute atomic E-state index is 10.5. The van der Waals surface area contributed by atoms with Gasteiger partial charge >= 0.3 is 0 Å². The molecule has 0 bridgehead atoms. The topological polar surface area (TPSA) is 52.1 Å². The van der Waals surface area contributed by atoms with E-state index in [2.05, 4.69) is 10.2 Å². The third kappa shape index (κ3) is 1.88. The largest absolute Gasteiger partial charge is 0.495 e. The van der Waals surface area contributed by atoms with Crippen molar-refractivity contribution in [3.05, 3.63) is 18.0 Å². The van der Waals surface area contributed by atoms with E-state index in [0.29, 0.717) is 5.75 Å². The number of hydrogen-bond acceptors (Lipinski definition) is 4. The quantitative estimate of drug-likeness (QED) is 0.621. The molecule has 0 saturated carbocycles. The van der Waals surface area contributed by atoms with Crippen LogP contribution >= 0.6 is 11.6 Å². The zero-order valence-corrected chi connectivity index (χ0v) is 6.50. The van der Waals surface area contributed by atoms with Crippen LogP contribution in [0.15, 0.2) is 12.3 Å². The first-order valence-electron chi connectivity index (χ1n) is 2.80. The fourth-order valence-electron chi connectivity index (χ4n) is 0.557. The fraction of sp³-hybridized carbons (Fsp3) is 0.167. The zero-order valence-electron chi connectivity index (χ0n) is 5.74. The number of carbonyl (C=O) groups excluding carboxylic acids is 1. The first-order valence-corrected chi connectivity index (χ1v) is 3.18. The van der Waals surface area contributed by atoms with Crippen LogP contribution in [0.3, 0.4) is 0 Å². The van der Waals surface area contributed by atoms with E-state index in [-0.39, 0.29) is 5.69 Å².